The van der Waals surface area contributed by atoms with Crippen LogP contribution in [0.4, 0.5) is 4.39 Å². The Morgan fingerprint density at radius 2 is 2.35 bits per heavy atom. The molecule has 6 heteroatoms. The van der Waals surface area contributed by atoms with Gasteiger partial charge in [-0.3, -0.25) is 4.68 Å². The minimum Gasteiger partial charge on any atom is -0.331 e. The number of aromatic nitrogens is 4. The number of terminal acetylenes is 1. The highest BCUT2D eigenvalue weighted by Crippen LogP contribution is 2.31. The second kappa shape index (κ2) is 5.39. The average Bonchev–Trinajstić information content (AvgIpc) is 3.19. The van der Waals surface area contributed by atoms with Gasteiger partial charge in [0.1, 0.15) is 12.2 Å². The van der Waals surface area contributed by atoms with Crippen LogP contribution in [-0.4, -0.2) is 25.5 Å². The lowest BCUT2D eigenvalue weighted by molar-refractivity contribution is 0.328. The largest absolute Gasteiger partial charge is 0.331 e. The average molecular weight is 329 g/mol. The molecule has 0 amide bonds. The third-order valence-electron chi connectivity index (χ3n) is 4.25. The Balaban J connectivity index is 1.82. The molecule has 2 atom stereocenters. The first kappa shape index (κ1) is 14.3. The first-order valence-electron chi connectivity index (χ1n) is 7.42. The monoisotopic (exact) mass is 328 g/mol. The summed E-state index contributed by atoms with van der Waals surface area (Å²) >= 11 is 6.23. The predicted molar refractivity (Wildman–Crippen MR) is 87.2 cm³/mol. The molecule has 23 heavy (non-hydrogen) atoms. The van der Waals surface area contributed by atoms with Crippen LogP contribution >= 0.6 is 11.6 Å². The zero-order valence-electron chi connectivity index (χ0n) is 12.3. The van der Waals surface area contributed by atoms with Crippen LogP contribution in [0.1, 0.15) is 23.9 Å². The molecule has 0 radical (unpaired) electrons. The van der Waals surface area contributed by atoms with Crippen molar-refractivity contribution < 1.29 is 4.39 Å². The van der Waals surface area contributed by atoms with E-state index in [1.165, 1.54) is 0 Å². The summed E-state index contributed by atoms with van der Waals surface area (Å²) in [7, 11) is 0. The molecule has 1 aliphatic rings. The number of fused-ring (bicyclic) bond motifs is 2. The number of hydrogen-bond donors (Lipinski definition) is 0. The molecule has 1 aliphatic heterocycles. The van der Waals surface area contributed by atoms with Gasteiger partial charge in [-0.25, -0.2) is 9.37 Å². The van der Waals surface area contributed by atoms with Crippen molar-refractivity contribution in [2.45, 2.75) is 31.6 Å². The van der Waals surface area contributed by atoms with Crippen LogP contribution in [0.15, 0.2) is 30.7 Å². The van der Waals surface area contributed by atoms with E-state index in [-0.39, 0.29) is 6.04 Å². The lowest BCUT2D eigenvalue weighted by Gasteiger charge is -2.14. The van der Waals surface area contributed by atoms with E-state index >= 15 is 0 Å². The molecule has 4 rings (SSSR count). The van der Waals surface area contributed by atoms with Gasteiger partial charge in [-0.15, -0.1) is 12.3 Å². The molecule has 0 bridgehead atoms. The number of imidazole rings is 1. The van der Waals surface area contributed by atoms with E-state index in [0.717, 1.165) is 22.3 Å². The smallest absolute Gasteiger partial charge is 0.123 e. The van der Waals surface area contributed by atoms with Crippen molar-refractivity contribution in [1.82, 2.24) is 19.3 Å². The van der Waals surface area contributed by atoms with Gasteiger partial charge in [0.25, 0.3) is 0 Å². The molecule has 0 spiro atoms. The number of hydrogen-bond acceptors (Lipinski definition) is 2. The summed E-state index contributed by atoms with van der Waals surface area (Å²) in [6, 6.07) is 5.37. The maximum absolute atomic E-state index is 13.7. The summed E-state index contributed by atoms with van der Waals surface area (Å²) in [5.41, 5.74) is 2.51. The Morgan fingerprint density at radius 3 is 3.13 bits per heavy atom. The highest BCUT2D eigenvalue weighted by molar-refractivity contribution is 6.35. The van der Waals surface area contributed by atoms with Crippen LogP contribution in [0.3, 0.4) is 0 Å². The summed E-state index contributed by atoms with van der Waals surface area (Å²) in [5, 5.41) is 6.10. The normalized spacial score (nSPS) is 18.0. The van der Waals surface area contributed by atoms with Gasteiger partial charge >= 0.3 is 0 Å². The van der Waals surface area contributed by atoms with E-state index < -0.39 is 6.17 Å². The minimum absolute atomic E-state index is 0.218. The highest BCUT2D eigenvalue weighted by atomic mass is 35.5. The van der Waals surface area contributed by atoms with E-state index in [4.69, 9.17) is 18.0 Å². The van der Waals surface area contributed by atoms with Crippen molar-refractivity contribution in [1.29, 1.82) is 0 Å². The predicted octanol–water partition coefficient (Wildman–Crippen LogP) is 3.39. The zero-order chi connectivity index (χ0) is 16.0. The summed E-state index contributed by atoms with van der Waals surface area (Å²) in [6.07, 6.45) is 9.06. The van der Waals surface area contributed by atoms with Gasteiger partial charge in [-0.05, 0) is 12.1 Å². The van der Waals surface area contributed by atoms with E-state index in [1.807, 2.05) is 29.0 Å². The van der Waals surface area contributed by atoms with Crippen LogP contribution in [0.5, 0.6) is 0 Å². The summed E-state index contributed by atoms with van der Waals surface area (Å²) in [6.45, 7) is 0.359. The Kier molecular flexibility index (Phi) is 3.35. The molecule has 0 N–H and O–H groups in total. The maximum atomic E-state index is 13.7. The van der Waals surface area contributed by atoms with Gasteiger partial charge in [0.05, 0.1) is 29.1 Å². The summed E-state index contributed by atoms with van der Waals surface area (Å²) in [4.78, 5) is 4.47. The molecule has 0 saturated heterocycles. The first-order chi connectivity index (χ1) is 11.2. The number of alkyl halides is 1. The molecule has 3 heterocycles. The highest BCUT2D eigenvalue weighted by Gasteiger charge is 2.29. The van der Waals surface area contributed by atoms with Crippen LogP contribution in [0, 0.1) is 12.3 Å². The molecule has 1 unspecified atom stereocenters. The molecule has 3 aromatic rings. The first-order valence-corrected chi connectivity index (χ1v) is 7.80. The third-order valence-corrected chi connectivity index (χ3v) is 4.58. The number of benzene rings is 1. The second-order valence-electron chi connectivity index (χ2n) is 5.74. The second-order valence-corrected chi connectivity index (χ2v) is 6.14. The zero-order valence-corrected chi connectivity index (χ0v) is 13.0. The molecule has 0 aliphatic carbocycles. The van der Waals surface area contributed by atoms with Crippen LogP contribution in [0.25, 0.3) is 10.9 Å². The Morgan fingerprint density at radius 1 is 1.48 bits per heavy atom. The molecule has 4 nitrogen and oxygen atoms in total. The maximum Gasteiger partial charge on any atom is 0.123 e. The summed E-state index contributed by atoms with van der Waals surface area (Å²) in [5.74, 6) is 2.68. The van der Waals surface area contributed by atoms with Crippen molar-refractivity contribution in [2.24, 2.45) is 0 Å². The topological polar surface area (TPSA) is 35.6 Å². The molecule has 0 fully saturated rings. The SMILES string of the molecule is C#CCC(c1ncn2c1C[C@@H](F)C2)n1cc2c(Cl)cccc2n1. The summed E-state index contributed by atoms with van der Waals surface area (Å²) < 4.78 is 17.3. The van der Waals surface area contributed by atoms with Crippen LogP contribution < -0.4 is 0 Å². The van der Waals surface area contributed by atoms with E-state index in [1.54, 1.807) is 11.0 Å². The quantitative estimate of drug-likeness (QED) is 0.691. The van der Waals surface area contributed by atoms with Gasteiger partial charge in [0.15, 0.2) is 0 Å². The Bertz CT molecular complexity index is 920. The standard InChI is InChI=1S/C17H14ClFN4/c1-2-4-15(17-16-7-11(19)8-22(16)10-20-17)23-9-12-13(18)5-3-6-14(12)21-23/h1,3,5-6,9-11,15H,4,7-8H2/t11-,15?/m1/s1. The Hall–Kier alpha value is -2.32. The van der Waals surface area contributed by atoms with Crippen molar-refractivity contribution >= 4 is 22.5 Å². The van der Waals surface area contributed by atoms with E-state index in [2.05, 4.69) is 16.0 Å². The molecule has 116 valence electrons. The van der Waals surface area contributed by atoms with Gasteiger partial charge in [0, 0.05) is 30.1 Å². The number of halogens is 2. The Labute approximate surface area is 137 Å². The van der Waals surface area contributed by atoms with Crippen molar-refractivity contribution in [3.63, 3.8) is 0 Å². The molecule has 0 saturated carbocycles. The van der Waals surface area contributed by atoms with Crippen LogP contribution in [0.2, 0.25) is 5.02 Å². The third kappa shape index (κ3) is 2.30. The van der Waals surface area contributed by atoms with Gasteiger partial charge in [-0.2, -0.15) is 5.10 Å². The van der Waals surface area contributed by atoms with Gasteiger partial charge in [-0.1, -0.05) is 17.7 Å². The molecular formula is C17H14ClFN4. The number of nitrogens with zero attached hydrogens (tertiary/aromatic N) is 4. The fourth-order valence-corrected chi connectivity index (χ4v) is 3.40. The minimum atomic E-state index is -0.857. The van der Waals surface area contributed by atoms with E-state index in [0.29, 0.717) is 24.4 Å². The van der Waals surface area contributed by atoms with Crippen molar-refractivity contribution in [3.8, 4) is 12.3 Å². The van der Waals surface area contributed by atoms with Gasteiger partial charge in [0.2, 0.25) is 0 Å². The lowest BCUT2D eigenvalue weighted by atomic mass is 10.1. The fraction of sp³-hybridized carbons (Fsp3) is 0.294. The van der Waals surface area contributed by atoms with Crippen LogP contribution in [-0.2, 0) is 13.0 Å². The lowest BCUT2D eigenvalue weighted by Crippen LogP contribution is -2.13. The fourth-order valence-electron chi connectivity index (χ4n) is 3.18. The van der Waals surface area contributed by atoms with Crippen molar-refractivity contribution in [3.05, 3.63) is 47.1 Å². The van der Waals surface area contributed by atoms with E-state index in [9.17, 15) is 4.39 Å². The van der Waals surface area contributed by atoms with Crippen molar-refractivity contribution in [2.75, 3.05) is 0 Å². The molecule has 2 aromatic heterocycles. The molecule has 1 aromatic carbocycles. The number of rotatable bonds is 3. The molecular weight excluding hydrogens is 315 g/mol. The van der Waals surface area contributed by atoms with Gasteiger partial charge < -0.3 is 4.57 Å².